The normalized spacial score (nSPS) is 14.9. The average molecular weight is 274 g/mol. The number of aliphatic hydroxyl groups excluding tert-OH is 2. The van der Waals surface area contributed by atoms with E-state index >= 15 is 0 Å². The number of aliphatic hydroxyl groups is 2. The van der Waals surface area contributed by atoms with Crippen LogP contribution < -0.4 is 5.73 Å². The molecule has 0 aliphatic heterocycles. The molecular weight excluding hydrogens is 258 g/mol. The molecule has 15 heavy (non-hydrogen) atoms. The smallest absolute Gasteiger partial charge is 0.105 e. The lowest BCUT2D eigenvalue weighted by molar-refractivity contribution is 0.0174. The van der Waals surface area contributed by atoms with Crippen molar-refractivity contribution >= 4 is 21.6 Å². The first kappa shape index (κ1) is 12.5. The molecule has 84 valence electrons. The Balaban J connectivity index is 2.81. The summed E-state index contributed by atoms with van der Waals surface area (Å²) in [7, 11) is 0. The maximum Gasteiger partial charge on any atom is 0.105 e. The van der Waals surface area contributed by atoms with Gasteiger partial charge in [-0.3, -0.25) is 0 Å². The molecule has 4 heteroatoms. The number of nitrogen functional groups attached to an aromatic ring is 1. The summed E-state index contributed by atoms with van der Waals surface area (Å²) in [5.41, 5.74) is 8.00. The summed E-state index contributed by atoms with van der Waals surface area (Å²) < 4.78 is 0. The topological polar surface area (TPSA) is 66.5 Å². The Hall–Kier alpha value is -0.580. The lowest BCUT2D eigenvalue weighted by Gasteiger charge is -2.18. The maximum absolute atomic E-state index is 9.81. The van der Waals surface area contributed by atoms with Gasteiger partial charge >= 0.3 is 0 Å². The average Bonchev–Trinajstić information content (AvgIpc) is 2.21. The Morgan fingerprint density at radius 3 is 2.60 bits per heavy atom. The van der Waals surface area contributed by atoms with Gasteiger partial charge in [0.1, 0.15) is 6.10 Å². The summed E-state index contributed by atoms with van der Waals surface area (Å²) in [6.07, 6.45) is -1.12. The maximum atomic E-state index is 9.81. The van der Waals surface area contributed by atoms with E-state index < -0.39 is 12.2 Å². The Kier molecular flexibility index (Phi) is 4.57. The molecular formula is C11H16BrNO2. The van der Waals surface area contributed by atoms with E-state index in [1.165, 1.54) is 0 Å². The Morgan fingerprint density at radius 1 is 1.40 bits per heavy atom. The molecule has 0 aliphatic rings. The Labute approximate surface area is 98.1 Å². The van der Waals surface area contributed by atoms with Crippen molar-refractivity contribution in [2.24, 2.45) is 0 Å². The van der Waals surface area contributed by atoms with E-state index in [9.17, 15) is 10.2 Å². The Morgan fingerprint density at radius 2 is 2.07 bits per heavy atom. The van der Waals surface area contributed by atoms with Crippen molar-refractivity contribution in [3.63, 3.8) is 0 Å². The molecule has 1 aromatic carbocycles. The van der Waals surface area contributed by atoms with Gasteiger partial charge in [-0.15, -0.1) is 0 Å². The quantitative estimate of drug-likeness (QED) is 0.579. The van der Waals surface area contributed by atoms with E-state index in [0.29, 0.717) is 23.0 Å². The van der Waals surface area contributed by atoms with E-state index in [0.717, 1.165) is 5.56 Å². The molecule has 3 nitrogen and oxygen atoms in total. The van der Waals surface area contributed by atoms with Crippen LogP contribution in [0.2, 0.25) is 0 Å². The number of aryl methyl sites for hydroxylation is 1. The van der Waals surface area contributed by atoms with Crippen LogP contribution in [-0.2, 0) is 0 Å². The second-order valence-corrected chi connectivity index (χ2v) is 4.40. The molecule has 0 bridgehead atoms. The first-order valence-corrected chi connectivity index (χ1v) is 5.96. The van der Waals surface area contributed by atoms with Gasteiger partial charge in [-0.05, 0) is 30.5 Å². The highest BCUT2D eigenvalue weighted by atomic mass is 79.9. The van der Waals surface area contributed by atoms with Crippen LogP contribution in [-0.4, -0.2) is 21.6 Å². The molecule has 0 aliphatic carbocycles. The van der Waals surface area contributed by atoms with Crippen LogP contribution in [0.5, 0.6) is 0 Å². The molecule has 1 aromatic rings. The van der Waals surface area contributed by atoms with Gasteiger partial charge in [-0.1, -0.05) is 28.1 Å². The predicted octanol–water partition coefficient (Wildman–Crippen LogP) is 1.76. The standard InChI is InChI=1S/C11H16BrNO2/c1-7-2-3-8(6-9(7)13)11(15)10(14)4-5-12/h2-3,6,10-11,14-15H,4-5,13H2,1H3. The van der Waals surface area contributed by atoms with Gasteiger partial charge in [-0.25, -0.2) is 0 Å². The largest absolute Gasteiger partial charge is 0.399 e. The van der Waals surface area contributed by atoms with Gasteiger partial charge in [0.05, 0.1) is 6.10 Å². The first-order chi connectivity index (χ1) is 7.06. The Bertz CT molecular complexity index is 330. The van der Waals surface area contributed by atoms with E-state index in [4.69, 9.17) is 5.73 Å². The fourth-order valence-corrected chi connectivity index (χ4v) is 1.80. The number of anilines is 1. The number of benzene rings is 1. The van der Waals surface area contributed by atoms with Crippen molar-refractivity contribution in [3.05, 3.63) is 29.3 Å². The molecule has 2 unspecified atom stereocenters. The summed E-state index contributed by atoms with van der Waals surface area (Å²) in [4.78, 5) is 0. The number of alkyl halides is 1. The van der Waals surface area contributed by atoms with Crippen LogP contribution in [0, 0.1) is 6.92 Å². The molecule has 4 N–H and O–H groups in total. The van der Waals surface area contributed by atoms with Gasteiger partial charge in [0, 0.05) is 11.0 Å². The van der Waals surface area contributed by atoms with E-state index in [-0.39, 0.29) is 0 Å². The predicted molar refractivity (Wildman–Crippen MR) is 65.0 cm³/mol. The van der Waals surface area contributed by atoms with E-state index in [1.807, 2.05) is 13.0 Å². The summed E-state index contributed by atoms with van der Waals surface area (Å²) >= 11 is 3.22. The van der Waals surface area contributed by atoms with E-state index in [1.54, 1.807) is 12.1 Å². The monoisotopic (exact) mass is 273 g/mol. The fraction of sp³-hybridized carbons (Fsp3) is 0.455. The molecule has 2 atom stereocenters. The summed E-state index contributed by atoms with van der Waals surface area (Å²) in [6.45, 7) is 1.90. The van der Waals surface area contributed by atoms with Crippen molar-refractivity contribution in [3.8, 4) is 0 Å². The highest BCUT2D eigenvalue weighted by molar-refractivity contribution is 9.09. The van der Waals surface area contributed by atoms with Crippen LogP contribution in [0.4, 0.5) is 5.69 Å². The highest BCUT2D eigenvalue weighted by Gasteiger charge is 2.17. The molecule has 0 spiro atoms. The van der Waals surface area contributed by atoms with Crippen molar-refractivity contribution < 1.29 is 10.2 Å². The van der Waals surface area contributed by atoms with Crippen LogP contribution in [0.1, 0.15) is 23.7 Å². The molecule has 0 radical (unpaired) electrons. The minimum atomic E-state index is -0.870. The van der Waals surface area contributed by atoms with E-state index in [2.05, 4.69) is 15.9 Å². The minimum absolute atomic E-state index is 0.509. The lowest BCUT2D eigenvalue weighted by atomic mass is 10.0. The number of hydrogen-bond donors (Lipinski definition) is 3. The highest BCUT2D eigenvalue weighted by Crippen LogP contribution is 2.23. The second-order valence-electron chi connectivity index (χ2n) is 3.61. The zero-order chi connectivity index (χ0) is 11.4. The molecule has 0 fully saturated rings. The third-order valence-electron chi connectivity index (χ3n) is 2.41. The van der Waals surface area contributed by atoms with Gasteiger partial charge in [0.25, 0.3) is 0 Å². The third-order valence-corrected chi connectivity index (χ3v) is 2.87. The van der Waals surface area contributed by atoms with Gasteiger partial charge < -0.3 is 15.9 Å². The van der Waals surface area contributed by atoms with Crippen LogP contribution >= 0.6 is 15.9 Å². The van der Waals surface area contributed by atoms with Crippen molar-refractivity contribution in [2.45, 2.75) is 25.6 Å². The van der Waals surface area contributed by atoms with Crippen molar-refractivity contribution in [1.82, 2.24) is 0 Å². The molecule has 0 amide bonds. The number of hydrogen-bond acceptors (Lipinski definition) is 3. The van der Waals surface area contributed by atoms with Gasteiger partial charge in [0.2, 0.25) is 0 Å². The van der Waals surface area contributed by atoms with Crippen molar-refractivity contribution in [1.29, 1.82) is 0 Å². The number of rotatable bonds is 4. The van der Waals surface area contributed by atoms with Crippen molar-refractivity contribution in [2.75, 3.05) is 11.1 Å². The summed E-state index contributed by atoms with van der Waals surface area (Å²) in [5, 5.41) is 20.1. The van der Waals surface area contributed by atoms with Crippen LogP contribution in [0.3, 0.4) is 0 Å². The first-order valence-electron chi connectivity index (χ1n) is 4.84. The number of halogens is 1. The SMILES string of the molecule is Cc1ccc(C(O)C(O)CCBr)cc1N. The molecule has 0 saturated carbocycles. The van der Waals surface area contributed by atoms with Gasteiger partial charge in [-0.2, -0.15) is 0 Å². The van der Waals surface area contributed by atoms with Gasteiger partial charge in [0.15, 0.2) is 0 Å². The zero-order valence-electron chi connectivity index (χ0n) is 8.65. The molecule has 0 saturated heterocycles. The fourth-order valence-electron chi connectivity index (χ4n) is 1.33. The zero-order valence-corrected chi connectivity index (χ0v) is 10.2. The minimum Gasteiger partial charge on any atom is -0.399 e. The third kappa shape index (κ3) is 3.19. The second kappa shape index (κ2) is 5.49. The lowest BCUT2D eigenvalue weighted by Crippen LogP contribution is -2.18. The summed E-state index contributed by atoms with van der Waals surface area (Å²) in [6, 6.07) is 5.33. The summed E-state index contributed by atoms with van der Waals surface area (Å²) in [5.74, 6) is 0. The molecule has 0 aromatic heterocycles. The molecule has 1 rings (SSSR count). The molecule has 0 heterocycles. The number of nitrogens with two attached hydrogens (primary N) is 1. The van der Waals surface area contributed by atoms with Crippen LogP contribution in [0.15, 0.2) is 18.2 Å². The van der Waals surface area contributed by atoms with Crippen LogP contribution in [0.25, 0.3) is 0 Å².